The molecule has 2 rings (SSSR count). The van der Waals surface area contributed by atoms with Crippen LogP contribution in [0.25, 0.3) is 0 Å². The Bertz CT molecular complexity index is 549. The van der Waals surface area contributed by atoms with Crippen LogP contribution in [-0.2, 0) is 10.0 Å². The second kappa shape index (κ2) is 6.41. The van der Waals surface area contributed by atoms with Crippen LogP contribution in [0.15, 0.2) is 23.1 Å². The predicted molar refractivity (Wildman–Crippen MR) is 79.7 cm³/mol. The van der Waals surface area contributed by atoms with Gasteiger partial charge in [-0.1, -0.05) is 17.7 Å². The molecule has 1 N–H and O–H groups in total. The third kappa shape index (κ3) is 3.61. The van der Waals surface area contributed by atoms with Crippen LogP contribution in [0.1, 0.15) is 12.5 Å². The van der Waals surface area contributed by atoms with Crippen LogP contribution in [0.3, 0.4) is 0 Å². The third-order valence-electron chi connectivity index (χ3n) is 3.04. The SMILES string of the molecule is Cc1ccc(Cl)c(S(=O)(=O)N2CCNC(C)C2)c1.Cl. The van der Waals surface area contributed by atoms with E-state index in [-0.39, 0.29) is 28.4 Å². The van der Waals surface area contributed by atoms with Crippen LogP contribution >= 0.6 is 24.0 Å². The molecule has 1 unspecified atom stereocenters. The highest BCUT2D eigenvalue weighted by Crippen LogP contribution is 2.26. The van der Waals surface area contributed by atoms with Crippen LogP contribution in [0.4, 0.5) is 0 Å². The zero-order valence-electron chi connectivity index (χ0n) is 10.9. The molecule has 1 aromatic rings. The van der Waals surface area contributed by atoms with Crippen molar-refractivity contribution in [2.45, 2.75) is 24.8 Å². The standard InChI is InChI=1S/C12H17ClN2O2S.ClH/c1-9-3-4-11(13)12(7-9)18(16,17)15-6-5-14-10(2)8-15;/h3-4,7,10,14H,5-6,8H2,1-2H3;1H. The minimum Gasteiger partial charge on any atom is -0.312 e. The summed E-state index contributed by atoms with van der Waals surface area (Å²) >= 11 is 6.01. The maximum Gasteiger partial charge on any atom is 0.244 e. The van der Waals surface area contributed by atoms with E-state index < -0.39 is 10.0 Å². The van der Waals surface area contributed by atoms with Gasteiger partial charge >= 0.3 is 0 Å². The van der Waals surface area contributed by atoms with E-state index in [1.54, 1.807) is 12.1 Å². The number of sulfonamides is 1. The number of halogens is 2. The van der Waals surface area contributed by atoms with E-state index in [2.05, 4.69) is 5.32 Å². The molecule has 0 radical (unpaired) electrons. The molecule has 1 aliphatic rings. The van der Waals surface area contributed by atoms with Gasteiger partial charge in [-0.2, -0.15) is 4.31 Å². The van der Waals surface area contributed by atoms with Crippen LogP contribution < -0.4 is 5.32 Å². The van der Waals surface area contributed by atoms with Gasteiger partial charge < -0.3 is 5.32 Å². The van der Waals surface area contributed by atoms with Gasteiger partial charge in [0.2, 0.25) is 10.0 Å². The van der Waals surface area contributed by atoms with Gasteiger partial charge in [-0.3, -0.25) is 0 Å². The quantitative estimate of drug-likeness (QED) is 0.905. The van der Waals surface area contributed by atoms with Crippen LogP contribution in [-0.4, -0.2) is 38.4 Å². The average molecular weight is 325 g/mol. The lowest BCUT2D eigenvalue weighted by molar-refractivity contribution is 0.310. The molecular weight excluding hydrogens is 307 g/mol. The summed E-state index contributed by atoms with van der Waals surface area (Å²) in [7, 11) is -3.49. The summed E-state index contributed by atoms with van der Waals surface area (Å²) in [5.74, 6) is 0. The number of nitrogens with zero attached hydrogens (tertiary/aromatic N) is 1. The minimum atomic E-state index is -3.49. The van der Waals surface area contributed by atoms with Crippen molar-refractivity contribution in [1.29, 1.82) is 0 Å². The van der Waals surface area contributed by atoms with E-state index in [9.17, 15) is 8.42 Å². The van der Waals surface area contributed by atoms with Crippen molar-refractivity contribution in [3.05, 3.63) is 28.8 Å². The Hall–Kier alpha value is -0.330. The highest BCUT2D eigenvalue weighted by molar-refractivity contribution is 7.89. The highest BCUT2D eigenvalue weighted by atomic mass is 35.5. The van der Waals surface area contributed by atoms with Gasteiger partial charge in [0, 0.05) is 25.7 Å². The molecule has 0 bridgehead atoms. The molecule has 0 spiro atoms. The van der Waals surface area contributed by atoms with Crippen molar-refractivity contribution in [1.82, 2.24) is 9.62 Å². The van der Waals surface area contributed by atoms with Crippen molar-refractivity contribution in [3.63, 3.8) is 0 Å². The number of rotatable bonds is 2. The average Bonchev–Trinajstić information content (AvgIpc) is 2.32. The van der Waals surface area contributed by atoms with Crippen LogP contribution in [0, 0.1) is 6.92 Å². The molecule has 0 aliphatic carbocycles. The largest absolute Gasteiger partial charge is 0.312 e. The molecule has 4 nitrogen and oxygen atoms in total. The Labute approximate surface area is 125 Å². The topological polar surface area (TPSA) is 49.4 Å². The molecule has 1 saturated heterocycles. The van der Waals surface area contributed by atoms with Crippen LogP contribution in [0.5, 0.6) is 0 Å². The van der Waals surface area contributed by atoms with Gasteiger partial charge in [-0.05, 0) is 31.5 Å². The Morgan fingerprint density at radius 1 is 1.42 bits per heavy atom. The number of hydrogen-bond acceptors (Lipinski definition) is 3. The van der Waals surface area contributed by atoms with E-state index in [4.69, 9.17) is 11.6 Å². The van der Waals surface area contributed by atoms with E-state index in [1.807, 2.05) is 19.9 Å². The third-order valence-corrected chi connectivity index (χ3v) is 5.38. The minimum absolute atomic E-state index is 0. The number of piperazine rings is 1. The molecule has 108 valence electrons. The Balaban J connectivity index is 0.00000180. The van der Waals surface area contributed by atoms with Gasteiger partial charge in [-0.15, -0.1) is 12.4 Å². The lowest BCUT2D eigenvalue weighted by Crippen LogP contribution is -2.51. The van der Waals surface area contributed by atoms with Crippen molar-refractivity contribution in [2.75, 3.05) is 19.6 Å². The Morgan fingerprint density at radius 3 is 2.74 bits per heavy atom. The second-order valence-electron chi connectivity index (χ2n) is 4.65. The summed E-state index contributed by atoms with van der Waals surface area (Å²) in [6, 6.07) is 5.23. The first-order chi connectivity index (χ1) is 8.41. The first kappa shape index (κ1) is 16.7. The number of nitrogens with one attached hydrogen (secondary N) is 1. The normalized spacial score (nSPS) is 20.9. The van der Waals surface area contributed by atoms with Gasteiger partial charge in [0.05, 0.1) is 5.02 Å². The first-order valence-electron chi connectivity index (χ1n) is 5.91. The fourth-order valence-electron chi connectivity index (χ4n) is 2.06. The van der Waals surface area contributed by atoms with Gasteiger partial charge in [0.15, 0.2) is 0 Å². The fourth-order valence-corrected chi connectivity index (χ4v) is 4.15. The molecule has 1 atom stereocenters. The molecular formula is C12H18Cl2N2O2S. The maximum absolute atomic E-state index is 12.5. The summed E-state index contributed by atoms with van der Waals surface area (Å²) in [4.78, 5) is 0.207. The monoisotopic (exact) mass is 324 g/mol. The van der Waals surface area contributed by atoms with Gasteiger partial charge in [0.25, 0.3) is 0 Å². The first-order valence-corrected chi connectivity index (χ1v) is 7.73. The summed E-state index contributed by atoms with van der Waals surface area (Å²) in [6.45, 7) is 5.46. The zero-order valence-corrected chi connectivity index (χ0v) is 13.3. The summed E-state index contributed by atoms with van der Waals surface area (Å²) in [6.07, 6.45) is 0. The molecule has 7 heteroatoms. The van der Waals surface area contributed by atoms with E-state index in [0.29, 0.717) is 19.6 Å². The Kier molecular flexibility index (Phi) is 5.65. The van der Waals surface area contributed by atoms with Crippen molar-refractivity contribution >= 4 is 34.0 Å². The molecule has 1 aliphatic heterocycles. The summed E-state index contributed by atoms with van der Waals surface area (Å²) in [5, 5.41) is 3.51. The van der Waals surface area contributed by atoms with Gasteiger partial charge in [0.1, 0.15) is 4.90 Å². The molecule has 19 heavy (non-hydrogen) atoms. The molecule has 1 fully saturated rings. The van der Waals surface area contributed by atoms with Crippen molar-refractivity contribution in [2.24, 2.45) is 0 Å². The van der Waals surface area contributed by atoms with Gasteiger partial charge in [-0.25, -0.2) is 8.42 Å². The van der Waals surface area contributed by atoms with E-state index in [1.165, 1.54) is 4.31 Å². The predicted octanol–water partition coefficient (Wildman–Crippen LogP) is 2.05. The summed E-state index contributed by atoms with van der Waals surface area (Å²) < 4.78 is 26.5. The van der Waals surface area contributed by atoms with Crippen molar-refractivity contribution in [3.8, 4) is 0 Å². The lowest BCUT2D eigenvalue weighted by Gasteiger charge is -2.31. The zero-order chi connectivity index (χ0) is 13.3. The smallest absolute Gasteiger partial charge is 0.244 e. The second-order valence-corrected chi connectivity index (χ2v) is 6.97. The van der Waals surface area contributed by atoms with E-state index in [0.717, 1.165) is 5.56 Å². The number of benzene rings is 1. The van der Waals surface area contributed by atoms with Crippen LogP contribution in [0.2, 0.25) is 5.02 Å². The molecule has 1 heterocycles. The number of aryl methyl sites for hydroxylation is 1. The van der Waals surface area contributed by atoms with Crippen molar-refractivity contribution < 1.29 is 8.42 Å². The molecule has 0 saturated carbocycles. The Morgan fingerprint density at radius 2 is 2.11 bits per heavy atom. The summed E-state index contributed by atoms with van der Waals surface area (Å²) in [5.41, 5.74) is 0.890. The maximum atomic E-state index is 12.5. The van der Waals surface area contributed by atoms with E-state index >= 15 is 0 Å². The number of hydrogen-bond donors (Lipinski definition) is 1. The lowest BCUT2D eigenvalue weighted by atomic mass is 10.2. The molecule has 0 aromatic heterocycles. The molecule has 1 aromatic carbocycles. The molecule has 0 amide bonds. The highest BCUT2D eigenvalue weighted by Gasteiger charge is 2.29. The fraction of sp³-hybridized carbons (Fsp3) is 0.500.